The molecule has 1 saturated heterocycles. The Kier molecular flexibility index (Phi) is 6.26. The highest BCUT2D eigenvalue weighted by atomic mass is 16.6. The number of nitrogens with zero attached hydrogens (tertiary/aromatic N) is 1. The standard InChI is InChI=1S/C26H27NO3/c28-25(26(29,22-12-6-2-7-13-22)23-14-8-3-9-15-23)30-24-17-19-27(20-24)18-16-21-10-4-1-5-11-21/h1-15,24,29H,16-20H2/t24-/m1/s1. The lowest BCUT2D eigenvalue weighted by molar-refractivity contribution is -0.167. The second kappa shape index (κ2) is 9.24. The Hall–Kier alpha value is -2.95. The van der Waals surface area contributed by atoms with E-state index in [1.165, 1.54) is 5.56 Å². The van der Waals surface area contributed by atoms with Gasteiger partial charge in [-0.1, -0.05) is 91.0 Å². The van der Waals surface area contributed by atoms with Gasteiger partial charge in [-0.05, 0) is 29.5 Å². The van der Waals surface area contributed by atoms with Gasteiger partial charge in [0.05, 0.1) is 0 Å². The lowest BCUT2D eigenvalue weighted by Gasteiger charge is -2.28. The van der Waals surface area contributed by atoms with Crippen molar-refractivity contribution in [3.05, 3.63) is 108 Å². The lowest BCUT2D eigenvalue weighted by Crippen LogP contribution is -2.41. The van der Waals surface area contributed by atoms with Crippen molar-refractivity contribution in [3.63, 3.8) is 0 Å². The fourth-order valence-corrected chi connectivity index (χ4v) is 4.03. The van der Waals surface area contributed by atoms with E-state index in [1.807, 2.05) is 42.5 Å². The number of carbonyl (C=O) groups is 1. The molecule has 154 valence electrons. The van der Waals surface area contributed by atoms with Crippen molar-refractivity contribution in [2.75, 3.05) is 19.6 Å². The maximum atomic E-state index is 13.2. The number of hydrogen-bond acceptors (Lipinski definition) is 4. The van der Waals surface area contributed by atoms with Gasteiger partial charge in [0.1, 0.15) is 6.10 Å². The van der Waals surface area contributed by atoms with Crippen LogP contribution >= 0.6 is 0 Å². The minimum absolute atomic E-state index is 0.216. The molecular formula is C26H27NO3. The van der Waals surface area contributed by atoms with Gasteiger partial charge in [-0.15, -0.1) is 0 Å². The molecule has 30 heavy (non-hydrogen) atoms. The molecule has 0 aliphatic carbocycles. The SMILES string of the molecule is O=C(O[C@@H]1CCN(CCc2ccccc2)C1)C(O)(c1ccccc1)c1ccccc1. The monoisotopic (exact) mass is 401 g/mol. The van der Waals surface area contributed by atoms with Gasteiger partial charge in [0, 0.05) is 19.6 Å². The average molecular weight is 402 g/mol. The topological polar surface area (TPSA) is 49.8 Å². The van der Waals surface area contributed by atoms with E-state index >= 15 is 0 Å². The maximum absolute atomic E-state index is 13.2. The summed E-state index contributed by atoms with van der Waals surface area (Å²) in [6.45, 7) is 2.51. The predicted molar refractivity (Wildman–Crippen MR) is 117 cm³/mol. The zero-order valence-corrected chi connectivity index (χ0v) is 17.0. The van der Waals surface area contributed by atoms with Crippen LogP contribution in [0.25, 0.3) is 0 Å². The summed E-state index contributed by atoms with van der Waals surface area (Å²) >= 11 is 0. The summed E-state index contributed by atoms with van der Waals surface area (Å²) in [6, 6.07) is 28.4. The molecule has 3 aromatic rings. The molecule has 0 amide bonds. The van der Waals surface area contributed by atoms with E-state index in [0.29, 0.717) is 17.7 Å². The first-order valence-corrected chi connectivity index (χ1v) is 10.5. The van der Waals surface area contributed by atoms with Crippen molar-refractivity contribution < 1.29 is 14.6 Å². The van der Waals surface area contributed by atoms with Gasteiger partial charge in [0.15, 0.2) is 0 Å². The molecule has 1 heterocycles. The Morgan fingerprint density at radius 1 is 0.900 bits per heavy atom. The summed E-state index contributed by atoms with van der Waals surface area (Å²) in [6.07, 6.45) is 1.53. The summed E-state index contributed by atoms with van der Waals surface area (Å²) in [5.41, 5.74) is 0.515. The normalized spacial score (nSPS) is 17.0. The van der Waals surface area contributed by atoms with Gasteiger partial charge in [-0.3, -0.25) is 4.90 Å². The van der Waals surface area contributed by atoms with E-state index in [-0.39, 0.29) is 6.10 Å². The molecule has 0 spiro atoms. The molecule has 1 fully saturated rings. The first-order valence-electron chi connectivity index (χ1n) is 10.5. The number of likely N-dealkylation sites (tertiary alicyclic amines) is 1. The van der Waals surface area contributed by atoms with E-state index < -0.39 is 11.6 Å². The second-order valence-electron chi connectivity index (χ2n) is 7.79. The van der Waals surface area contributed by atoms with Crippen LogP contribution in [0.3, 0.4) is 0 Å². The third-order valence-corrected chi connectivity index (χ3v) is 5.74. The van der Waals surface area contributed by atoms with Crippen molar-refractivity contribution in [2.45, 2.75) is 24.5 Å². The molecule has 4 nitrogen and oxygen atoms in total. The first-order chi connectivity index (χ1) is 14.7. The molecule has 1 N–H and O–H groups in total. The minimum atomic E-state index is -1.82. The molecular weight excluding hydrogens is 374 g/mol. The van der Waals surface area contributed by atoms with Gasteiger partial charge >= 0.3 is 5.97 Å². The van der Waals surface area contributed by atoms with Crippen molar-refractivity contribution >= 4 is 5.97 Å². The van der Waals surface area contributed by atoms with Crippen molar-refractivity contribution in [2.24, 2.45) is 0 Å². The Bertz CT molecular complexity index is 904. The van der Waals surface area contributed by atoms with Crippen molar-refractivity contribution in [1.29, 1.82) is 0 Å². The Balaban J connectivity index is 1.43. The zero-order chi connectivity index (χ0) is 20.8. The van der Waals surface area contributed by atoms with Crippen LogP contribution in [-0.4, -0.2) is 41.7 Å². The van der Waals surface area contributed by atoms with Crippen LogP contribution in [0.2, 0.25) is 0 Å². The molecule has 0 radical (unpaired) electrons. The molecule has 1 aliphatic rings. The third kappa shape index (κ3) is 4.45. The molecule has 3 aromatic carbocycles. The van der Waals surface area contributed by atoms with Crippen LogP contribution in [0.1, 0.15) is 23.1 Å². The number of aliphatic hydroxyl groups is 1. The molecule has 4 heteroatoms. The zero-order valence-electron chi connectivity index (χ0n) is 17.0. The van der Waals surface area contributed by atoms with E-state index in [1.54, 1.807) is 24.3 Å². The Morgan fingerprint density at radius 2 is 1.43 bits per heavy atom. The van der Waals surface area contributed by atoms with Gasteiger partial charge in [-0.2, -0.15) is 0 Å². The lowest BCUT2D eigenvalue weighted by atomic mass is 9.86. The van der Waals surface area contributed by atoms with Gasteiger partial charge in [0.2, 0.25) is 5.60 Å². The Labute approximate surface area is 177 Å². The van der Waals surface area contributed by atoms with Gasteiger partial charge in [0.25, 0.3) is 0 Å². The first kappa shape index (κ1) is 20.3. The molecule has 4 rings (SSSR count). The van der Waals surface area contributed by atoms with Gasteiger partial charge < -0.3 is 9.84 Å². The van der Waals surface area contributed by atoms with Crippen LogP contribution in [0.15, 0.2) is 91.0 Å². The molecule has 0 unspecified atom stereocenters. The molecule has 0 aromatic heterocycles. The highest BCUT2D eigenvalue weighted by molar-refractivity contribution is 5.85. The molecule has 0 saturated carbocycles. The van der Waals surface area contributed by atoms with Crippen LogP contribution in [0.5, 0.6) is 0 Å². The summed E-state index contributed by atoms with van der Waals surface area (Å²) in [7, 11) is 0. The summed E-state index contributed by atoms with van der Waals surface area (Å²) in [5.74, 6) is -0.616. The molecule has 0 bridgehead atoms. The fraction of sp³-hybridized carbons (Fsp3) is 0.269. The van der Waals surface area contributed by atoms with Crippen LogP contribution in [-0.2, 0) is 21.6 Å². The fourth-order valence-electron chi connectivity index (χ4n) is 4.03. The van der Waals surface area contributed by atoms with Crippen LogP contribution < -0.4 is 0 Å². The number of carbonyl (C=O) groups excluding carboxylic acids is 1. The number of hydrogen-bond donors (Lipinski definition) is 1. The number of ether oxygens (including phenoxy) is 1. The average Bonchev–Trinajstić information content (AvgIpc) is 3.26. The Morgan fingerprint density at radius 3 is 2.00 bits per heavy atom. The summed E-state index contributed by atoms with van der Waals surface area (Å²) in [5, 5.41) is 11.5. The van der Waals surface area contributed by atoms with Crippen LogP contribution in [0.4, 0.5) is 0 Å². The van der Waals surface area contributed by atoms with Crippen molar-refractivity contribution in [3.8, 4) is 0 Å². The number of benzene rings is 3. The largest absolute Gasteiger partial charge is 0.458 e. The van der Waals surface area contributed by atoms with Crippen LogP contribution in [0, 0.1) is 0 Å². The minimum Gasteiger partial charge on any atom is -0.458 e. The quantitative estimate of drug-likeness (QED) is 0.612. The van der Waals surface area contributed by atoms with E-state index in [9.17, 15) is 9.90 Å². The summed E-state index contributed by atoms with van der Waals surface area (Å²) < 4.78 is 5.84. The van der Waals surface area contributed by atoms with E-state index in [2.05, 4.69) is 29.2 Å². The number of esters is 1. The highest BCUT2D eigenvalue weighted by Crippen LogP contribution is 2.32. The molecule has 1 aliphatic heterocycles. The van der Waals surface area contributed by atoms with Crippen molar-refractivity contribution in [1.82, 2.24) is 4.90 Å². The highest BCUT2D eigenvalue weighted by Gasteiger charge is 2.43. The second-order valence-corrected chi connectivity index (χ2v) is 7.79. The smallest absolute Gasteiger partial charge is 0.348 e. The number of rotatable bonds is 7. The third-order valence-electron chi connectivity index (χ3n) is 5.74. The van der Waals surface area contributed by atoms with Gasteiger partial charge in [-0.25, -0.2) is 4.79 Å². The molecule has 1 atom stereocenters. The predicted octanol–water partition coefficient (Wildman–Crippen LogP) is 3.78. The summed E-state index contributed by atoms with van der Waals surface area (Å²) in [4.78, 5) is 15.5. The van der Waals surface area contributed by atoms with E-state index in [4.69, 9.17) is 4.74 Å². The maximum Gasteiger partial charge on any atom is 0.348 e. The van der Waals surface area contributed by atoms with E-state index in [0.717, 1.165) is 25.9 Å².